The Bertz CT molecular complexity index is 8210. The number of allylic oxidation sites excluding steroid dienone is 9. The molecule has 0 N–H and O–H groups in total. The number of nitrogens with zero attached hydrogens (tertiary/aromatic N) is 14. The van der Waals surface area contributed by atoms with E-state index in [1.807, 2.05) is 0 Å². The SMILES string of the molecule is [C-]#[N+]C([N+]#[C-])=C1Cc2c(-c3ccc(S(=O)(=O)C(F)(F)F)cc3)c3c(c(-c4ccc(S(=O)(=O)C(F)(F)F)cc4)c2=C1F)CC(=C(C#N)C#N)C=3F.[C-]#[N+]C([N+]#[C-])=C1Cc2c(-c3ccc(S(C)(=O)=O)cc3)c3c(c(-c4ccc(S(C)(=O)=O)cc4)c2=C1F)CC(=C(C#N)C#N)C=3F.[C-]#[N+]C([N+]#[C-])=C1Cc2c(-c3ccc([N+](=O)[O-])cc3)c3c(c(-c4ccc([N+](=O)[O-])cc4)c2=C1F)CC(=C(C#N)C#N)C=3F. The maximum absolute atomic E-state index is 16.5. The molecular formula is C94H42F12N14O12S4. The highest BCUT2D eigenvalue weighted by Crippen LogP contribution is 2.47. The van der Waals surface area contributed by atoms with Gasteiger partial charge >= 0.3 is 28.5 Å². The number of rotatable bonds is 12. The molecule has 0 saturated heterocycles. The van der Waals surface area contributed by atoms with Gasteiger partial charge in [-0.05, 0) is 173 Å². The first-order chi connectivity index (χ1) is 64.2. The second-order valence-electron chi connectivity index (χ2n) is 29.8. The zero-order chi connectivity index (χ0) is 99.6. The Morgan fingerprint density at radius 3 is 0.618 bits per heavy atom. The molecule has 0 amide bonds. The number of halogens is 12. The molecule has 0 atom stereocenters. The first-order valence-electron chi connectivity index (χ1n) is 38.0. The fourth-order valence-electron chi connectivity index (χ4n) is 16.6. The first kappa shape index (κ1) is 95.9. The molecule has 9 aromatic rings. The van der Waals surface area contributed by atoms with Crippen LogP contribution >= 0.6 is 0 Å². The Morgan fingerprint density at radius 1 is 0.301 bits per heavy atom. The Balaban J connectivity index is 0.000000173. The van der Waals surface area contributed by atoms with Crippen molar-refractivity contribution in [1.29, 1.82) is 31.6 Å². The largest absolute Gasteiger partial charge is 0.525 e. The minimum Gasteiger partial charge on any atom is -0.258 e. The van der Waals surface area contributed by atoms with Crippen molar-refractivity contribution < 1.29 is 96.2 Å². The summed E-state index contributed by atoms with van der Waals surface area (Å²) in [6, 6.07) is 36.6. The lowest BCUT2D eigenvalue weighted by Crippen LogP contribution is -2.25. The number of sulfone groups is 4. The Labute approximate surface area is 760 Å². The summed E-state index contributed by atoms with van der Waals surface area (Å²) in [7, 11) is -18.9. The van der Waals surface area contributed by atoms with E-state index >= 15 is 26.3 Å². The molecule has 0 radical (unpaired) electrons. The molecule has 0 unspecified atom stereocenters. The number of hydrogen-bond donors (Lipinski definition) is 0. The van der Waals surface area contributed by atoms with Gasteiger partial charge < -0.3 is 0 Å². The summed E-state index contributed by atoms with van der Waals surface area (Å²) < 4.78 is 274. The number of nitro benzene ring substituents is 2. The molecule has 0 aromatic heterocycles. The quantitative estimate of drug-likeness (QED) is 0.0360. The third kappa shape index (κ3) is 16.3. The molecular weight excluding hydrogens is 1870 g/mol. The highest BCUT2D eigenvalue weighted by Gasteiger charge is 2.49. The minimum absolute atomic E-state index is 0.0139. The zero-order valence-corrected chi connectivity index (χ0v) is 71.7. The maximum atomic E-state index is 16.5. The predicted molar refractivity (Wildman–Crippen MR) is 460 cm³/mol. The van der Waals surface area contributed by atoms with Gasteiger partial charge in [0.15, 0.2) is 19.7 Å². The van der Waals surface area contributed by atoms with Crippen LogP contribution in [-0.4, -0.2) is 67.0 Å². The molecule has 136 heavy (non-hydrogen) atoms. The van der Waals surface area contributed by atoms with Crippen molar-refractivity contribution in [1.82, 2.24) is 0 Å². The lowest BCUT2D eigenvalue weighted by atomic mass is 9.87. The van der Waals surface area contributed by atoms with Crippen molar-refractivity contribution in [3.8, 4) is 103 Å². The third-order valence-corrected chi connectivity index (χ3v) is 27.8. The molecule has 26 nitrogen and oxygen atoms in total. The van der Waals surface area contributed by atoms with E-state index in [1.165, 1.54) is 109 Å². The van der Waals surface area contributed by atoms with Crippen LogP contribution in [0.15, 0.2) is 233 Å². The standard InChI is InChI=1S/C32H12F8N4O4S2.C32H18F2N4O4S2.C30H12F2N6O4/c1-43-30(44-2)23-12-22-25(16-5-9-19(10-6-16)50(47,48)32(38,39)40)26-21(11-20(28(26)33)17(13-41)14-42)24(27(22)29(23)34)15-3-7-18(8-4-15)49(45,46)31(35,36)37;1-37-32(38-2)25-14-24-27(18-7-11-21(12-8-18)44(4,41)42)28-23(13-22(30(28)33)19(15-35)16-36)26(29(24)31(25)34)17-5-9-20(10-6-17)43(3,39)40;1-35-30(36-2)23-12-22-25(16-5-9-19(10-6-16)38(41)42)26-21(11-20(28(26)31)17(13-33)14-34)24(27(22)29(23)32)15-3-7-18(8-4-15)37(39)40/h3-10H,11-12H2;5-12H,13-14H2,3-4H3;3-10H,11-12H2. The maximum Gasteiger partial charge on any atom is 0.525 e. The van der Waals surface area contributed by atoms with E-state index in [0.717, 1.165) is 36.8 Å². The number of hydrogen-bond acceptors (Lipinski definition) is 18. The average Bonchev–Trinajstić information content (AvgIpc) is 1.56. The Morgan fingerprint density at radius 2 is 0.463 bits per heavy atom. The second-order valence-corrected chi connectivity index (χ2v) is 37.7. The van der Waals surface area contributed by atoms with Crippen molar-refractivity contribution in [2.45, 2.75) is 69.1 Å². The molecule has 0 bridgehead atoms. The van der Waals surface area contributed by atoms with Gasteiger partial charge in [0.05, 0.1) is 46.1 Å². The Hall–Kier alpha value is -17.7. The summed E-state index contributed by atoms with van der Waals surface area (Å²) in [5.74, 6) is -7.88. The van der Waals surface area contributed by atoms with Crippen LogP contribution < -0.4 is 31.3 Å². The molecule has 0 fully saturated rings. The average molecular weight is 1920 g/mol. The van der Waals surface area contributed by atoms with Crippen LogP contribution in [0.5, 0.6) is 0 Å². The summed E-state index contributed by atoms with van der Waals surface area (Å²) in [6.45, 7) is 44.3. The topological polar surface area (TPSA) is 392 Å². The van der Waals surface area contributed by atoms with Gasteiger partial charge in [0, 0.05) is 123 Å². The van der Waals surface area contributed by atoms with Gasteiger partial charge in [-0.3, -0.25) is 20.2 Å². The molecule has 0 spiro atoms. The van der Waals surface area contributed by atoms with E-state index < -0.39 is 174 Å². The van der Waals surface area contributed by atoms with E-state index in [9.17, 15) is 112 Å². The van der Waals surface area contributed by atoms with Crippen LogP contribution in [0.25, 0.3) is 131 Å². The number of fused-ring (bicyclic) bond motifs is 6. The predicted octanol–water partition coefficient (Wildman–Crippen LogP) is 16.3. The van der Waals surface area contributed by atoms with E-state index in [2.05, 4.69) is 29.1 Å². The van der Waals surface area contributed by atoms with E-state index in [-0.39, 0.29) is 179 Å². The molecule has 0 saturated carbocycles. The zero-order valence-electron chi connectivity index (χ0n) is 68.4. The number of nitro groups is 2. The van der Waals surface area contributed by atoms with Crippen molar-refractivity contribution in [3.05, 3.63) is 367 Å². The first-order valence-corrected chi connectivity index (χ1v) is 44.8. The highest BCUT2D eigenvalue weighted by molar-refractivity contribution is 7.92. The lowest BCUT2D eigenvalue weighted by molar-refractivity contribution is -0.385. The van der Waals surface area contributed by atoms with Crippen LogP contribution in [0.2, 0.25) is 0 Å². The molecule has 0 aliphatic heterocycles. The van der Waals surface area contributed by atoms with Gasteiger partial charge in [-0.15, -0.1) is 0 Å². The molecule has 42 heteroatoms. The van der Waals surface area contributed by atoms with Crippen LogP contribution in [0, 0.1) is 128 Å². The normalized spacial score (nSPS) is 13.7. The van der Waals surface area contributed by atoms with Crippen LogP contribution in [0.4, 0.5) is 64.1 Å². The molecule has 0 heterocycles. The van der Waals surface area contributed by atoms with Gasteiger partial charge in [0.25, 0.3) is 31.0 Å². The van der Waals surface area contributed by atoms with Gasteiger partial charge in [-0.2, -0.15) is 87.0 Å². The summed E-state index contributed by atoms with van der Waals surface area (Å²) >= 11 is 0. The number of benzene rings is 9. The van der Waals surface area contributed by atoms with E-state index in [1.54, 1.807) is 24.3 Å². The van der Waals surface area contributed by atoms with E-state index in [0.29, 0.717) is 35.4 Å². The highest BCUT2D eigenvalue weighted by atomic mass is 32.2. The van der Waals surface area contributed by atoms with Crippen molar-refractivity contribution >= 4 is 85.7 Å². The summed E-state index contributed by atoms with van der Waals surface area (Å²) in [5, 5.41) is 78.7. The summed E-state index contributed by atoms with van der Waals surface area (Å²) in [6.07, 6.45) is -0.353. The smallest absolute Gasteiger partial charge is 0.258 e. The molecule has 9 aromatic carbocycles. The van der Waals surface area contributed by atoms with Crippen molar-refractivity contribution in [3.63, 3.8) is 0 Å². The number of nitriles is 6. The number of non-ortho nitro benzene ring substituents is 2. The third-order valence-electron chi connectivity index (χ3n) is 22.6. The Kier molecular flexibility index (Phi) is 25.3. The van der Waals surface area contributed by atoms with Crippen molar-refractivity contribution in [2.24, 2.45) is 0 Å². The molecule has 6 aliphatic carbocycles. The summed E-state index contributed by atoms with van der Waals surface area (Å²) in [4.78, 5) is 37.5. The van der Waals surface area contributed by atoms with Gasteiger partial charge in [0.2, 0.25) is 0 Å². The molecule has 6 aliphatic rings. The molecule has 668 valence electrons. The van der Waals surface area contributed by atoms with Crippen LogP contribution in [0.1, 0.15) is 33.4 Å². The monoisotopic (exact) mass is 1910 g/mol. The van der Waals surface area contributed by atoms with Gasteiger partial charge in [-0.25, -0.2) is 60.0 Å². The second kappa shape index (κ2) is 35.9. The van der Waals surface area contributed by atoms with Crippen LogP contribution in [0.3, 0.4) is 0 Å². The van der Waals surface area contributed by atoms with Crippen LogP contribution in [-0.2, 0) is 77.9 Å². The lowest BCUT2D eigenvalue weighted by Gasteiger charge is -2.17. The fraction of sp³-hybridized carbons (Fsp3) is 0.106. The fourth-order valence-corrected chi connectivity index (χ4v) is 19.4. The minimum atomic E-state index is -5.85. The van der Waals surface area contributed by atoms with Crippen molar-refractivity contribution in [2.75, 3.05) is 12.5 Å². The summed E-state index contributed by atoms with van der Waals surface area (Å²) in [5.41, 5.74) is -14.3. The van der Waals surface area contributed by atoms with Gasteiger partial charge in [0.1, 0.15) is 128 Å². The van der Waals surface area contributed by atoms with E-state index in [4.69, 9.17) is 39.4 Å². The van der Waals surface area contributed by atoms with Gasteiger partial charge in [-0.1, -0.05) is 48.5 Å². The number of alkyl halides is 6. The molecule has 15 rings (SSSR count).